The minimum atomic E-state index is -3.50. The van der Waals surface area contributed by atoms with Crippen molar-refractivity contribution >= 4 is 61.4 Å². The van der Waals surface area contributed by atoms with Crippen LogP contribution in [0.2, 0.25) is 0 Å². The lowest BCUT2D eigenvalue weighted by molar-refractivity contribution is -0.345. The Balaban J connectivity index is 2.72. The number of carbonyl (C=O) groups is 7. The Labute approximate surface area is 291 Å². The average Bonchev–Trinajstić information content (AvgIpc) is 2.95. The average molecular weight is 759 g/mol. The molecule has 19 nitrogen and oxygen atoms in total. The van der Waals surface area contributed by atoms with E-state index in [0.717, 1.165) is 54.7 Å². The van der Waals surface area contributed by atoms with Crippen LogP contribution in [0.15, 0.2) is 0 Å². The first-order valence-corrected chi connectivity index (χ1v) is 18.5. The maximum absolute atomic E-state index is 12.5. The summed E-state index contributed by atoms with van der Waals surface area (Å²) in [5.74, 6) is -6.02. The molecule has 2 aliphatic rings. The second kappa shape index (κ2) is 19.2. The molecule has 21 heteroatoms. The molecule has 0 aromatic carbocycles. The Hall–Kier alpha value is -3.53. The van der Waals surface area contributed by atoms with Crippen LogP contribution in [0.5, 0.6) is 0 Å². The lowest BCUT2D eigenvalue weighted by atomic mass is 9.92. The summed E-state index contributed by atoms with van der Waals surface area (Å²) in [4.78, 5) is 85.1. The summed E-state index contributed by atoms with van der Waals surface area (Å²) in [5, 5.41) is 0. The van der Waals surface area contributed by atoms with Crippen molar-refractivity contribution in [2.75, 3.05) is 25.2 Å². The molecule has 0 bridgehead atoms. The minimum absolute atomic E-state index is 0.0560. The summed E-state index contributed by atoms with van der Waals surface area (Å²) < 4.78 is 79.7. The van der Waals surface area contributed by atoms with Gasteiger partial charge in [-0.2, -0.15) is 0 Å². The molecule has 2 aliphatic heterocycles. The first-order chi connectivity index (χ1) is 23.2. The lowest BCUT2D eigenvalue weighted by Gasteiger charge is -2.49. The molecule has 2 saturated heterocycles. The Kier molecular flexibility index (Phi) is 16.4. The topological polar surface area (TPSA) is 246 Å². The second-order valence-electron chi connectivity index (χ2n) is 11.1. The predicted molar refractivity (Wildman–Crippen MR) is 165 cm³/mol. The Morgan fingerprint density at radius 3 is 1.32 bits per heavy atom. The van der Waals surface area contributed by atoms with Gasteiger partial charge in [0.2, 0.25) is 0 Å². The molecule has 0 saturated carbocycles. The fourth-order valence-electron chi connectivity index (χ4n) is 5.15. The molecule has 0 aromatic heterocycles. The van der Waals surface area contributed by atoms with Crippen molar-refractivity contribution in [3.63, 3.8) is 0 Å². The van der Waals surface area contributed by atoms with Gasteiger partial charge in [-0.15, -0.1) is 0 Å². The van der Waals surface area contributed by atoms with Gasteiger partial charge in [-0.05, 0) is 17.2 Å². The first kappa shape index (κ1) is 42.6. The van der Waals surface area contributed by atoms with Crippen molar-refractivity contribution in [2.24, 2.45) is 0 Å². The van der Waals surface area contributed by atoms with Crippen molar-refractivity contribution in [1.82, 2.24) is 0 Å². The molecule has 2 fully saturated rings. The molecule has 10 atom stereocenters. The van der Waals surface area contributed by atoms with E-state index in [0.29, 0.717) is 10.8 Å². The van der Waals surface area contributed by atoms with E-state index in [4.69, 9.17) is 47.4 Å². The first-order valence-electron chi connectivity index (χ1n) is 15.1. The third kappa shape index (κ3) is 14.0. The SMILES string of the molecule is CC(=O)OC[C@H]1O[C@@H](O[C@H]2[C@H](OC(C)=O)[C@@H](OC(C)=O)[C@H](CCSS(C)(=O)=O)O[C@@H]2COC(C)=O)[C@H](OC(C)=O)[C@@H](OC(C)=O)[C@H]1OC(C)=O. The summed E-state index contributed by atoms with van der Waals surface area (Å²) in [6.07, 6.45) is -14.3. The number of hydrogen-bond acceptors (Lipinski definition) is 20. The van der Waals surface area contributed by atoms with Gasteiger partial charge in [0.05, 0.1) is 6.10 Å². The van der Waals surface area contributed by atoms with E-state index in [1.807, 2.05) is 0 Å². The molecule has 50 heavy (non-hydrogen) atoms. The molecule has 0 radical (unpaired) electrons. The van der Waals surface area contributed by atoms with Gasteiger partial charge in [0, 0.05) is 60.5 Å². The Morgan fingerprint density at radius 2 is 0.900 bits per heavy atom. The molecule has 0 N–H and O–H groups in total. The molecule has 2 rings (SSSR count). The maximum atomic E-state index is 12.5. The molecule has 284 valence electrons. The van der Waals surface area contributed by atoms with Crippen LogP contribution in [-0.2, 0) is 89.8 Å². The van der Waals surface area contributed by atoms with E-state index in [1.54, 1.807) is 0 Å². The van der Waals surface area contributed by atoms with Crippen LogP contribution >= 0.6 is 10.8 Å². The quantitative estimate of drug-likeness (QED) is 0.118. The zero-order chi connectivity index (χ0) is 37.9. The van der Waals surface area contributed by atoms with Crippen LogP contribution in [-0.4, -0.2) is 137 Å². The molecule has 2 heterocycles. The molecular formula is C29H42O19S2. The number of ether oxygens (including phenoxy) is 10. The van der Waals surface area contributed by atoms with Crippen LogP contribution in [0.4, 0.5) is 0 Å². The fourth-order valence-corrected chi connectivity index (χ4v) is 6.98. The van der Waals surface area contributed by atoms with E-state index in [1.165, 1.54) is 0 Å². The molecule has 0 aromatic rings. The second-order valence-corrected chi connectivity index (χ2v) is 15.7. The number of rotatable bonds is 15. The van der Waals surface area contributed by atoms with Crippen molar-refractivity contribution in [1.29, 1.82) is 0 Å². The summed E-state index contributed by atoms with van der Waals surface area (Å²) in [6.45, 7) is 6.24. The van der Waals surface area contributed by atoms with Crippen LogP contribution in [0.25, 0.3) is 0 Å². The van der Waals surface area contributed by atoms with E-state index in [-0.39, 0.29) is 12.2 Å². The molecule has 0 amide bonds. The zero-order valence-corrected chi connectivity index (χ0v) is 30.3. The highest BCUT2D eigenvalue weighted by molar-refractivity contribution is 8.71. The number of hydrogen-bond donors (Lipinski definition) is 0. The van der Waals surface area contributed by atoms with Crippen molar-refractivity contribution in [2.45, 2.75) is 116 Å². The summed E-state index contributed by atoms with van der Waals surface area (Å²) in [5.41, 5.74) is 0. The van der Waals surface area contributed by atoms with Gasteiger partial charge in [0.1, 0.15) is 31.5 Å². The third-order valence-corrected chi connectivity index (χ3v) is 9.34. The Bertz CT molecular complexity index is 1370. The molecule has 0 aliphatic carbocycles. The van der Waals surface area contributed by atoms with Gasteiger partial charge in [-0.25, -0.2) is 8.42 Å². The highest BCUT2D eigenvalue weighted by atomic mass is 33.1. The van der Waals surface area contributed by atoms with E-state index >= 15 is 0 Å². The summed E-state index contributed by atoms with van der Waals surface area (Å²) in [6, 6.07) is 0. The smallest absolute Gasteiger partial charge is 0.303 e. The third-order valence-electron chi connectivity index (χ3n) is 6.72. The van der Waals surface area contributed by atoms with Crippen LogP contribution in [0.3, 0.4) is 0 Å². The van der Waals surface area contributed by atoms with E-state index in [9.17, 15) is 42.0 Å². The lowest BCUT2D eigenvalue weighted by Crippen LogP contribution is -2.67. The predicted octanol–water partition coefficient (Wildman–Crippen LogP) is -0.268. The van der Waals surface area contributed by atoms with Gasteiger partial charge in [-0.1, -0.05) is 0 Å². The van der Waals surface area contributed by atoms with Gasteiger partial charge in [0.15, 0.2) is 45.7 Å². The monoisotopic (exact) mass is 758 g/mol. The van der Waals surface area contributed by atoms with Crippen LogP contribution in [0.1, 0.15) is 54.9 Å². The van der Waals surface area contributed by atoms with Gasteiger partial charge in [-0.3, -0.25) is 33.6 Å². The van der Waals surface area contributed by atoms with Crippen molar-refractivity contribution in [3.8, 4) is 0 Å². The van der Waals surface area contributed by atoms with Crippen LogP contribution in [0, 0.1) is 0 Å². The molecule has 0 unspecified atom stereocenters. The highest BCUT2D eigenvalue weighted by Crippen LogP contribution is 2.36. The summed E-state index contributed by atoms with van der Waals surface area (Å²) in [7, 11) is -2.92. The number of carbonyl (C=O) groups excluding carboxylic acids is 7. The van der Waals surface area contributed by atoms with Crippen LogP contribution < -0.4 is 0 Å². The maximum Gasteiger partial charge on any atom is 0.303 e. The van der Waals surface area contributed by atoms with Gasteiger partial charge >= 0.3 is 41.8 Å². The minimum Gasteiger partial charge on any atom is -0.463 e. The normalized spacial score (nSPS) is 29.4. The van der Waals surface area contributed by atoms with Crippen molar-refractivity contribution < 1.29 is 89.3 Å². The zero-order valence-electron chi connectivity index (χ0n) is 28.7. The largest absolute Gasteiger partial charge is 0.463 e. The van der Waals surface area contributed by atoms with E-state index < -0.39 is 125 Å². The summed E-state index contributed by atoms with van der Waals surface area (Å²) >= 11 is 0. The van der Waals surface area contributed by atoms with Gasteiger partial charge < -0.3 is 47.4 Å². The van der Waals surface area contributed by atoms with E-state index in [2.05, 4.69) is 0 Å². The fraction of sp³-hybridized carbons (Fsp3) is 0.759. The van der Waals surface area contributed by atoms with Crippen molar-refractivity contribution in [3.05, 3.63) is 0 Å². The van der Waals surface area contributed by atoms with Gasteiger partial charge in [0.25, 0.3) is 0 Å². The molecular weight excluding hydrogens is 716 g/mol. The Morgan fingerprint density at radius 1 is 0.520 bits per heavy atom. The standard InChI is InChI=1S/C29H42O19S2/c1-13(30)39-11-21-25(26(43-17(5)34)23(41-15(3)32)20(46-21)9-10-49-50(8,37)38)48-29-28(45-19(7)36)27(44-18(6)35)24(42-16(4)33)22(47-29)12-40-14(2)31/h20-29H,9-12H2,1-8H3/t20-,21+,22+,23-,24-,25+,26+,27-,28+,29-/m0/s1. The number of esters is 7. The highest BCUT2D eigenvalue weighted by Gasteiger charge is 2.57. The molecule has 0 spiro atoms.